The van der Waals surface area contributed by atoms with Gasteiger partial charge in [-0.05, 0) is 43.7 Å². The maximum atomic E-state index is 12.9. The zero-order valence-electron chi connectivity index (χ0n) is 13.3. The van der Waals surface area contributed by atoms with Gasteiger partial charge in [0, 0.05) is 31.4 Å². The molecular formula is C18H23N3O2. The number of amides is 3. The standard InChI is InChI=1S/C18H23N3O2/c22-17(21-11-9-13-4-1-2-6-16(13)21)14-5-3-10-20(12-14)18(23)19-15-7-8-15/h1-2,4,6,14-15H,3,5,7-12H2,(H,19,23). The first kappa shape index (κ1) is 14.5. The predicted molar refractivity (Wildman–Crippen MR) is 88.3 cm³/mol. The molecule has 5 heteroatoms. The van der Waals surface area contributed by atoms with E-state index in [2.05, 4.69) is 11.4 Å². The summed E-state index contributed by atoms with van der Waals surface area (Å²) < 4.78 is 0. The number of hydrogen-bond acceptors (Lipinski definition) is 2. The molecule has 1 saturated heterocycles. The molecule has 0 spiro atoms. The minimum absolute atomic E-state index is 0.00632. The average molecular weight is 313 g/mol. The monoisotopic (exact) mass is 313 g/mol. The largest absolute Gasteiger partial charge is 0.335 e. The van der Waals surface area contributed by atoms with Crippen LogP contribution in [0.2, 0.25) is 0 Å². The molecule has 4 rings (SSSR count). The van der Waals surface area contributed by atoms with Crippen molar-refractivity contribution in [2.75, 3.05) is 24.5 Å². The van der Waals surface area contributed by atoms with Gasteiger partial charge in [-0.15, -0.1) is 0 Å². The third-order valence-corrected chi connectivity index (χ3v) is 5.12. The van der Waals surface area contributed by atoms with E-state index >= 15 is 0 Å². The van der Waals surface area contributed by atoms with Gasteiger partial charge in [0.25, 0.3) is 0 Å². The van der Waals surface area contributed by atoms with E-state index in [-0.39, 0.29) is 17.9 Å². The third-order valence-electron chi connectivity index (χ3n) is 5.12. The number of benzene rings is 1. The van der Waals surface area contributed by atoms with E-state index in [4.69, 9.17) is 0 Å². The number of para-hydroxylation sites is 1. The average Bonchev–Trinajstić information content (AvgIpc) is 3.30. The molecule has 1 aromatic rings. The second-order valence-electron chi connectivity index (χ2n) is 6.88. The van der Waals surface area contributed by atoms with E-state index in [0.717, 1.165) is 50.9 Å². The smallest absolute Gasteiger partial charge is 0.317 e. The van der Waals surface area contributed by atoms with Gasteiger partial charge >= 0.3 is 6.03 Å². The molecule has 2 heterocycles. The van der Waals surface area contributed by atoms with Gasteiger partial charge < -0.3 is 15.1 Å². The van der Waals surface area contributed by atoms with E-state index in [9.17, 15) is 9.59 Å². The lowest BCUT2D eigenvalue weighted by Crippen LogP contribution is -2.50. The molecule has 0 radical (unpaired) electrons. The molecule has 1 aliphatic carbocycles. The second-order valence-corrected chi connectivity index (χ2v) is 6.88. The summed E-state index contributed by atoms with van der Waals surface area (Å²) in [5, 5.41) is 3.03. The van der Waals surface area contributed by atoms with Gasteiger partial charge in [0.15, 0.2) is 0 Å². The van der Waals surface area contributed by atoms with Gasteiger partial charge in [-0.1, -0.05) is 18.2 Å². The van der Waals surface area contributed by atoms with Crippen molar-refractivity contribution >= 4 is 17.6 Å². The molecule has 0 bridgehead atoms. The molecule has 1 atom stereocenters. The molecular weight excluding hydrogens is 290 g/mol. The van der Waals surface area contributed by atoms with Gasteiger partial charge in [-0.2, -0.15) is 0 Å². The summed E-state index contributed by atoms with van der Waals surface area (Å²) in [5.41, 5.74) is 2.30. The normalized spacial score (nSPS) is 23.6. The van der Waals surface area contributed by atoms with Gasteiger partial charge in [-0.25, -0.2) is 4.79 Å². The highest BCUT2D eigenvalue weighted by Gasteiger charge is 2.35. The summed E-state index contributed by atoms with van der Waals surface area (Å²) in [6.07, 6.45) is 4.90. The number of anilines is 1. The first-order valence-corrected chi connectivity index (χ1v) is 8.67. The molecule has 1 saturated carbocycles. The highest BCUT2D eigenvalue weighted by molar-refractivity contribution is 5.97. The summed E-state index contributed by atoms with van der Waals surface area (Å²) >= 11 is 0. The molecule has 3 amide bonds. The van der Waals surface area contributed by atoms with E-state index in [0.29, 0.717) is 12.6 Å². The molecule has 1 N–H and O–H groups in total. The van der Waals surface area contributed by atoms with Crippen molar-refractivity contribution in [3.63, 3.8) is 0 Å². The van der Waals surface area contributed by atoms with Crippen LogP contribution in [-0.4, -0.2) is 42.5 Å². The summed E-state index contributed by atoms with van der Waals surface area (Å²) in [7, 11) is 0. The Bertz CT molecular complexity index is 626. The molecule has 2 fully saturated rings. The number of urea groups is 1. The van der Waals surface area contributed by atoms with Gasteiger partial charge in [0.2, 0.25) is 5.91 Å². The Morgan fingerprint density at radius 1 is 1.09 bits per heavy atom. The van der Waals surface area contributed by atoms with Crippen LogP contribution in [0.15, 0.2) is 24.3 Å². The van der Waals surface area contributed by atoms with Crippen molar-refractivity contribution in [3.05, 3.63) is 29.8 Å². The number of piperidine rings is 1. The van der Waals surface area contributed by atoms with Gasteiger partial charge in [-0.3, -0.25) is 4.79 Å². The molecule has 23 heavy (non-hydrogen) atoms. The van der Waals surface area contributed by atoms with Crippen LogP contribution in [0.1, 0.15) is 31.2 Å². The third kappa shape index (κ3) is 2.92. The quantitative estimate of drug-likeness (QED) is 0.909. The molecule has 1 aromatic carbocycles. The summed E-state index contributed by atoms with van der Waals surface area (Å²) in [6.45, 7) is 2.08. The zero-order chi connectivity index (χ0) is 15.8. The Kier molecular flexibility index (Phi) is 3.71. The van der Waals surface area contributed by atoms with Crippen molar-refractivity contribution < 1.29 is 9.59 Å². The molecule has 0 aromatic heterocycles. The van der Waals surface area contributed by atoms with Crippen LogP contribution in [0.25, 0.3) is 0 Å². The number of hydrogen-bond donors (Lipinski definition) is 1. The lowest BCUT2D eigenvalue weighted by Gasteiger charge is -2.34. The second kappa shape index (κ2) is 5.87. The van der Waals surface area contributed by atoms with Crippen LogP contribution in [0, 0.1) is 5.92 Å². The van der Waals surface area contributed by atoms with Gasteiger partial charge in [0.1, 0.15) is 0 Å². The van der Waals surface area contributed by atoms with E-state index in [1.807, 2.05) is 28.0 Å². The number of rotatable bonds is 2. The van der Waals surface area contributed by atoms with Gasteiger partial charge in [0.05, 0.1) is 5.92 Å². The number of fused-ring (bicyclic) bond motifs is 1. The van der Waals surface area contributed by atoms with Crippen LogP contribution >= 0.6 is 0 Å². The number of carbonyl (C=O) groups is 2. The highest BCUT2D eigenvalue weighted by atomic mass is 16.2. The van der Waals surface area contributed by atoms with Crippen LogP contribution < -0.4 is 10.2 Å². The Morgan fingerprint density at radius 2 is 1.91 bits per heavy atom. The first-order valence-electron chi connectivity index (χ1n) is 8.67. The summed E-state index contributed by atoms with van der Waals surface area (Å²) in [5.74, 6) is 0.110. The highest BCUT2D eigenvalue weighted by Crippen LogP contribution is 2.30. The minimum Gasteiger partial charge on any atom is -0.335 e. The Hall–Kier alpha value is -2.04. The van der Waals surface area contributed by atoms with Crippen LogP contribution in [-0.2, 0) is 11.2 Å². The fourth-order valence-electron chi connectivity index (χ4n) is 3.64. The maximum Gasteiger partial charge on any atom is 0.317 e. The Balaban J connectivity index is 1.43. The fourth-order valence-corrected chi connectivity index (χ4v) is 3.64. The van der Waals surface area contributed by atoms with Crippen molar-refractivity contribution in [2.45, 2.75) is 38.1 Å². The summed E-state index contributed by atoms with van der Waals surface area (Å²) in [4.78, 5) is 28.9. The predicted octanol–water partition coefficient (Wildman–Crippen LogP) is 2.16. The molecule has 5 nitrogen and oxygen atoms in total. The van der Waals surface area contributed by atoms with Crippen LogP contribution in [0.4, 0.5) is 10.5 Å². The molecule has 122 valence electrons. The molecule has 1 unspecified atom stereocenters. The maximum absolute atomic E-state index is 12.9. The molecule has 3 aliphatic rings. The minimum atomic E-state index is -0.0696. The summed E-state index contributed by atoms with van der Waals surface area (Å²) in [6, 6.07) is 8.51. The SMILES string of the molecule is O=C(NC1CC1)N1CCCC(C(=O)N2CCc3ccccc32)C1. The first-order chi connectivity index (χ1) is 11.2. The fraction of sp³-hybridized carbons (Fsp3) is 0.556. The number of carbonyl (C=O) groups excluding carboxylic acids is 2. The lowest BCUT2D eigenvalue weighted by atomic mass is 9.96. The number of nitrogens with zero attached hydrogens (tertiary/aromatic N) is 2. The van der Waals surface area contributed by atoms with E-state index < -0.39 is 0 Å². The number of nitrogens with one attached hydrogen (secondary N) is 1. The Morgan fingerprint density at radius 3 is 2.74 bits per heavy atom. The van der Waals surface area contributed by atoms with Crippen LogP contribution in [0.5, 0.6) is 0 Å². The Labute approximate surface area is 136 Å². The van der Waals surface area contributed by atoms with E-state index in [1.54, 1.807) is 0 Å². The van der Waals surface area contributed by atoms with Crippen LogP contribution in [0.3, 0.4) is 0 Å². The zero-order valence-corrected chi connectivity index (χ0v) is 13.3. The lowest BCUT2D eigenvalue weighted by molar-refractivity contribution is -0.123. The number of likely N-dealkylation sites (tertiary alicyclic amines) is 1. The molecule has 2 aliphatic heterocycles. The van der Waals surface area contributed by atoms with Crippen molar-refractivity contribution in [1.82, 2.24) is 10.2 Å². The van der Waals surface area contributed by atoms with Crippen molar-refractivity contribution in [2.24, 2.45) is 5.92 Å². The topological polar surface area (TPSA) is 52.7 Å². The van der Waals surface area contributed by atoms with Crippen molar-refractivity contribution in [3.8, 4) is 0 Å². The van der Waals surface area contributed by atoms with E-state index in [1.165, 1.54) is 5.56 Å². The van der Waals surface area contributed by atoms with Crippen molar-refractivity contribution in [1.29, 1.82) is 0 Å².